The van der Waals surface area contributed by atoms with Gasteiger partial charge >= 0.3 is 0 Å². The largest absolute Gasteiger partial charge is 0.308 e. The van der Waals surface area contributed by atoms with Crippen molar-refractivity contribution in [2.45, 2.75) is 71.5 Å². The average molecular weight is 249 g/mol. The molecule has 1 heterocycles. The number of hydrogen-bond acceptors (Lipinski definition) is 2. The van der Waals surface area contributed by atoms with Gasteiger partial charge in [-0.3, -0.25) is 4.68 Å². The van der Waals surface area contributed by atoms with Crippen LogP contribution in [-0.2, 0) is 6.54 Å². The normalized spacial score (nSPS) is 18.0. The lowest BCUT2D eigenvalue weighted by Gasteiger charge is -2.31. The number of hydrogen-bond donors (Lipinski definition) is 1. The highest BCUT2D eigenvalue weighted by molar-refractivity contribution is 5.00. The van der Waals surface area contributed by atoms with Crippen molar-refractivity contribution >= 4 is 0 Å². The van der Waals surface area contributed by atoms with Crippen LogP contribution in [0.25, 0.3) is 0 Å². The van der Waals surface area contributed by atoms with Crippen LogP contribution in [0.2, 0.25) is 0 Å². The van der Waals surface area contributed by atoms with Crippen LogP contribution < -0.4 is 5.32 Å². The molecule has 1 aliphatic carbocycles. The molecule has 0 aromatic carbocycles. The highest BCUT2D eigenvalue weighted by Gasteiger charge is 2.23. The van der Waals surface area contributed by atoms with Gasteiger partial charge in [-0.15, -0.1) is 0 Å². The van der Waals surface area contributed by atoms with Gasteiger partial charge in [-0.25, -0.2) is 0 Å². The van der Waals surface area contributed by atoms with E-state index in [2.05, 4.69) is 48.1 Å². The summed E-state index contributed by atoms with van der Waals surface area (Å²) >= 11 is 0. The Morgan fingerprint density at radius 1 is 1.39 bits per heavy atom. The van der Waals surface area contributed by atoms with Crippen molar-refractivity contribution in [3.63, 3.8) is 0 Å². The maximum absolute atomic E-state index is 4.68. The topological polar surface area (TPSA) is 29.9 Å². The molecule has 1 unspecified atom stereocenters. The van der Waals surface area contributed by atoms with E-state index in [9.17, 15) is 0 Å². The molecule has 0 aliphatic heterocycles. The fourth-order valence-corrected chi connectivity index (χ4v) is 2.71. The van der Waals surface area contributed by atoms with Gasteiger partial charge in [-0.1, -0.05) is 20.3 Å². The van der Waals surface area contributed by atoms with Crippen molar-refractivity contribution in [2.75, 3.05) is 0 Å². The molecule has 3 heteroatoms. The van der Waals surface area contributed by atoms with E-state index in [1.165, 1.54) is 25.0 Å². The Labute approximate surface area is 111 Å². The lowest BCUT2D eigenvalue weighted by Crippen LogP contribution is -2.36. The van der Waals surface area contributed by atoms with Crippen LogP contribution >= 0.6 is 0 Å². The van der Waals surface area contributed by atoms with Gasteiger partial charge in [-0.2, -0.15) is 5.10 Å². The van der Waals surface area contributed by atoms with E-state index in [-0.39, 0.29) is 0 Å². The Balaban J connectivity index is 1.82. The molecule has 0 bridgehead atoms. The Morgan fingerprint density at radius 3 is 2.67 bits per heavy atom. The Morgan fingerprint density at radius 2 is 2.11 bits per heavy atom. The number of nitrogens with one attached hydrogen (secondary N) is 1. The summed E-state index contributed by atoms with van der Waals surface area (Å²) in [6.45, 7) is 7.67. The molecular weight excluding hydrogens is 222 g/mol. The van der Waals surface area contributed by atoms with Gasteiger partial charge in [0.05, 0.1) is 11.7 Å². The molecule has 2 rings (SSSR count). The van der Waals surface area contributed by atoms with Crippen LogP contribution in [0.5, 0.6) is 0 Å². The van der Waals surface area contributed by atoms with Gasteiger partial charge in [0.2, 0.25) is 0 Å². The van der Waals surface area contributed by atoms with E-state index in [1.807, 2.05) is 0 Å². The minimum absolute atomic E-state index is 0.558. The first-order valence-corrected chi connectivity index (χ1v) is 7.52. The summed E-state index contributed by atoms with van der Waals surface area (Å²) in [5, 5.41) is 8.29. The molecule has 1 atom stereocenters. The molecular formula is C15H27N3. The van der Waals surface area contributed by atoms with Crippen LogP contribution in [0.4, 0.5) is 0 Å². The number of nitrogens with zero attached hydrogens (tertiary/aromatic N) is 2. The fraction of sp³-hybridized carbons (Fsp3) is 0.800. The zero-order valence-corrected chi connectivity index (χ0v) is 12.0. The van der Waals surface area contributed by atoms with Crippen molar-refractivity contribution < 1.29 is 0 Å². The van der Waals surface area contributed by atoms with Gasteiger partial charge in [0.15, 0.2) is 0 Å². The summed E-state index contributed by atoms with van der Waals surface area (Å²) < 4.78 is 2.13. The summed E-state index contributed by atoms with van der Waals surface area (Å²) in [5.74, 6) is 0.895. The highest BCUT2D eigenvalue weighted by Crippen LogP contribution is 2.29. The van der Waals surface area contributed by atoms with Crippen LogP contribution in [0.1, 0.15) is 64.6 Å². The van der Waals surface area contributed by atoms with Crippen LogP contribution in [0, 0.1) is 5.92 Å². The van der Waals surface area contributed by atoms with Crippen molar-refractivity contribution in [2.24, 2.45) is 5.92 Å². The molecule has 0 spiro atoms. The summed E-state index contributed by atoms with van der Waals surface area (Å²) in [6, 6.07) is 3.35. The monoisotopic (exact) mass is 249 g/mol. The second-order valence-electron chi connectivity index (χ2n) is 5.62. The third-order valence-corrected chi connectivity index (χ3v) is 4.44. The second-order valence-corrected chi connectivity index (χ2v) is 5.62. The van der Waals surface area contributed by atoms with Gasteiger partial charge in [0.25, 0.3) is 0 Å². The second kappa shape index (κ2) is 6.37. The molecule has 1 aliphatic rings. The highest BCUT2D eigenvalue weighted by atomic mass is 15.3. The van der Waals surface area contributed by atoms with E-state index in [4.69, 9.17) is 0 Å². The Hall–Kier alpha value is -0.830. The minimum Gasteiger partial charge on any atom is -0.308 e. The van der Waals surface area contributed by atoms with Crippen LogP contribution in [0.3, 0.4) is 0 Å². The van der Waals surface area contributed by atoms with Crippen LogP contribution in [0.15, 0.2) is 12.3 Å². The summed E-state index contributed by atoms with van der Waals surface area (Å²) in [7, 11) is 0. The molecule has 1 N–H and O–H groups in total. The van der Waals surface area contributed by atoms with Crippen molar-refractivity contribution in [3.8, 4) is 0 Å². The zero-order valence-electron chi connectivity index (χ0n) is 12.0. The maximum Gasteiger partial charge on any atom is 0.0762 e. The molecule has 0 radical (unpaired) electrons. The molecule has 102 valence electrons. The Kier molecular flexibility index (Phi) is 4.81. The van der Waals surface area contributed by atoms with Gasteiger partial charge in [0, 0.05) is 18.8 Å². The minimum atomic E-state index is 0.558. The van der Waals surface area contributed by atoms with Gasteiger partial charge in [-0.05, 0) is 44.6 Å². The SMILES string of the molecule is CCC(CC)n1ccc(CNC(C)C2CCC2)n1. The number of aromatic nitrogens is 2. The van der Waals surface area contributed by atoms with Crippen LogP contribution in [-0.4, -0.2) is 15.8 Å². The van der Waals surface area contributed by atoms with E-state index in [0.29, 0.717) is 12.1 Å². The average Bonchev–Trinajstić information content (AvgIpc) is 2.74. The van der Waals surface area contributed by atoms with E-state index >= 15 is 0 Å². The van der Waals surface area contributed by atoms with Crippen molar-refractivity contribution in [1.29, 1.82) is 0 Å². The summed E-state index contributed by atoms with van der Waals surface area (Å²) in [4.78, 5) is 0. The first kappa shape index (κ1) is 13.6. The molecule has 0 saturated heterocycles. The lowest BCUT2D eigenvalue weighted by molar-refractivity contribution is 0.239. The molecule has 1 saturated carbocycles. The number of rotatable bonds is 7. The first-order valence-electron chi connectivity index (χ1n) is 7.52. The van der Waals surface area contributed by atoms with Gasteiger partial charge in [0.1, 0.15) is 0 Å². The molecule has 1 fully saturated rings. The molecule has 18 heavy (non-hydrogen) atoms. The predicted molar refractivity (Wildman–Crippen MR) is 75.5 cm³/mol. The van der Waals surface area contributed by atoms with Gasteiger partial charge < -0.3 is 5.32 Å². The summed E-state index contributed by atoms with van der Waals surface area (Å²) in [6.07, 6.45) is 8.66. The third-order valence-electron chi connectivity index (χ3n) is 4.44. The predicted octanol–water partition coefficient (Wildman–Crippen LogP) is 3.52. The van der Waals surface area contributed by atoms with E-state index < -0.39 is 0 Å². The van der Waals surface area contributed by atoms with E-state index in [1.54, 1.807) is 0 Å². The molecule has 1 aromatic rings. The quantitative estimate of drug-likeness (QED) is 0.801. The van der Waals surface area contributed by atoms with Crippen molar-refractivity contribution in [1.82, 2.24) is 15.1 Å². The third kappa shape index (κ3) is 3.14. The zero-order chi connectivity index (χ0) is 13.0. The van der Waals surface area contributed by atoms with E-state index in [0.717, 1.165) is 25.3 Å². The fourth-order valence-electron chi connectivity index (χ4n) is 2.71. The van der Waals surface area contributed by atoms with Crippen molar-refractivity contribution in [3.05, 3.63) is 18.0 Å². The lowest BCUT2D eigenvalue weighted by atomic mass is 9.80. The first-order chi connectivity index (χ1) is 8.74. The summed E-state index contributed by atoms with van der Waals surface area (Å²) in [5.41, 5.74) is 1.17. The smallest absolute Gasteiger partial charge is 0.0762 e. The molecule has 0 amide bonds. The maximum atomic E-state index is 4.68. The Bertz CT molecular complexity index is 350. The molecule has 3 nitrogen and oxygen atoms in total. The standard InChI is InChI=1S/C15H27N3/c1-4-15(5-2)18-10-9-14(17-18)11-16-12(3)13-7-6-8-13/h9-10,12-13,15-16H,4-8,11H2,1-3H3. The molecule has 1 aromatic heterocycles.